The van der Waals surface area contributed by atoms with Crippen molar-refractivity contribution in [3.05, 3.63) is 87.4 Å². The topological polar surface area (TPSA) is 47.5 Å². The monoisotopic (exact) mass is 459 g/mol. The first-order chi connectivity index (χ1) is 15.2. The molecule has 2 aromatic carbocycles. The van der Waals surface area contributed by atoms with E-state index in [4.69, 9.17) is 12.2 Å². The molecule has 0 radical (unpaired) electrons. The molecular weight excluding hydrogens is 439 g/mol. The normalized spacial score (nSPS) is 12.2. The van der Waals surface area contributed by atoms with Crippen molar-refractivity contribution in [3.8, 4) is 0 Å². The molecule has 0 aliphatic rings. The van der Waals surface area contributed by atoms with E-state index in [0.717, 1.165) is 17.7 Å². The molecule has 0 aliphatic carbocycles. The fourth-order valence-electron chi connectivity index (χ4n) is 3.64. The number of hydrogen-bond donors (Lipinski definition) is 0. The molecule has 10 heteroatoms. The number of alkyl halides is 3. The van der Waals surface area contributed by atoms with E-state index in [2.05, 4.69) is 11.7 Å². The Kier molecular flexibility index (Phi) is 5.74. The summed E-state index contributed by atoms with van der Waals surface area (Å²) in [5, 5.41) is 5.09. The zero-order valence-electron chi connectivity index (χ0n) is 17.2. The summed E-state index contributed by atoms with van der Waals surface area (Å²) in [4.78, 5) is 14.8. The molecule has 2 aromatic heterocycles. The third-order valence-corrected chi connectivity index (χ3v) is 5.50. The Hall–Kier alpha value is -3.24. The number of fused-ring (bicyclic) bond motifs is 3. The molecule has 0 saturated heterocycles. The summed E-state index contributed by atoms with van der Waals surface area (Å²) in [6.45, 7) is 4.69. The summed E-state index contributed by atoms with van der Waals surface area (Å²) in [6, 6.07) is 12.2. The van der Waals surface area contributed by atoms with Gasteiger partial charge in [-0.25, -0.2) is 4.68 Å². The van der Waals surface area contributed by atoms with Gasteiger partial charge in [0.1, 0.15) is 0 Å². The molecule has 0 N–H and O–H groups in total. The molecule has 0 bridgehead atoms. The van der Waals surface area contributed by atoms with E-state index in [1.165, 1.54) is 16.7 Å². The Morgan fingerprint density at radius 2 is 1.84 bits per heavy atom. The van der Waals surface area contributed by atoms with Gasteiger partial charge in [-0.1, -0.05) is 30.3 Å². The maximum atomic E-state index is 12.9. The number of hydrogen-bond acceptors (Lipinski definition) is 4. The molecule has 0 spiro atoms. The van der Waals surface area contributed by atoms with Crippen molar-refractivity contribution in [2.24, 2.45) is 0 Å². The van der Waals surface area contributed by atoms with Crippen LogP contribution in [-0.2, 0) is 25.9 Å². The van der Waals surface area contributed by atoms with Crippen molar-refractivity contribution >= 4 is 28.9 Å². The van der Waals surface area contributed by atoms with Crippen molar-refractivity contribution in [2.45, 2.75) is 25.9 Å². The summed E-state index contributed by atoms with van der Waals surface area (Å²) in [5.74, 6) is 0.404. The second-order valence-corrected chi connectivity index (χ2v) is 7.85. The first-order valence-electron chi connectivity index (χ1n) is 9.77. The summed E-state index contributed by atoms with van der Waals surface area (Å²) in [6.07, 6.45) is -2.74. The Balaban J connectivity index is 1.69. The van der Waals surface area contributed by atoms with Gasteiger partial charge in [0.05, 0.1) is 23.1 Å². The van der Waals surface area contributed by atoms with Gasteiger partial charge in [-0.15, -0.1) is 11.7 Å². The van der Waals surface area contributed by atoms with Crippen LogP contribution in [0.5, 0.6) is 0 Å². The van der Waals surface area contributed by atoms with Gasteiger partial charge in [0.15, 0.2) is 0 Å². The van der Waals surface area contributed by atoms with Crippen LogP contribution >= 0.6 is 12.2 Å². The molecule has 4 rings (SSSR count). The van der Waals surface area contributed by atoms with E-state index in [1.54, 1.807) is 27.3 Å². The maximum absolute atomic E-state index is 12.9. The largest absolute Gasteiger partial charge is 0.416 e. The van der Waals surface area contributed by atoms with Crippen LogP contribution in [0.25, 0.3) is 16.7 Å². The maximum Gasteiger partial charge on any atom is 0.416 e. The number of allylic oxidation sites excluding steroid dienone is 1. The predicted octanol–water partition coefficient (Wildman–Crippen LogP) is 4.47. The first-order valence-corrected chi connectivity index (χ1v) is 10.2. The minimum atomic E-state index is -4.36. The van der Waals surface area contributed by atoms with Crippen LogP contribution in [0, 0.1) is 4.77 Å². The van der Waals surface area contributed by atoms with E-state index < -0.39 is 11.7 Å². The molecule has 4 aromatic rings. The van der Waals surface area contributed by atoms with Gasteiger partial charge < -0.3 is 0 Å². The number of rotatable bonds is 6. The highest BCUT2D eigenvalue weighted by molar-refractivity contribution is 7.71. The summed E-state index contributed by atoms with van der Waals surface area (Å²) in [5.41, 5.74) is 0.524. The van der Waals surface area contributed by atoms with Crippen LogP contribution in [0.2, 0.25) is 0 Å². The molecule has 0 aliphatic heterocycles. The molecule has 166 valence electrons. The average Bonchev–Trinajstić information content (AvgIpc) is 3.06. The van der Waals surface area contributed by atoms with Gasteiger partial charge in [-0.3, -0.25) is 18.7 Å². The molecular formula is C22H20F3N5OS. The Morgan fingerprint density at radius 3 is 2.50 bits per heavy atom. The third-order valence-electron chi connectivity index (χ3n) is 5.10. The number of benzene rings is 2. The molecule has 6 nitrogen and oxygen atoms in total. The smallest absolute Gasteiger partial charge is 0.283 e. The molecule has 2 heterocycles. The lowest BCUT2D eigenvalue weighted by Crippen LogP contribution is -2.23. The minimum absolute atomic E-state index is 0.182. The van der Waals surface area contributed by atoms with E-state index >= 15 is 0 Å². The summed E-state index contributed by atoms with van der Waals surface area (Å²) >= 11 is 5.65. The first kappa shape index (κ1) is 22.0. The average molecular weight is 459 g/mol. The van der Waals surface area contributed by atoms with Crippen molar-refractivity contribution in [1.82, 2.24) is 23.6 Å². The fraction of sp³-hybridized carbons (Fsp3) is 0.227. The zero-order chi connectivity index (χ0) is 23.0. The van der Waals surface area contributed by atoms with E-state index in [-0.39, 0.29) is 18.8 Å². The van der Waals surface area contributed by atoms with Crippen LogP contribution in [0.1, 0.15) is 11.1 Å². The molecule has 32 heavy (non-hydrogen) atoms. The van der Waals surface area contributed by atoms with Gasteiger partial charge in [-0.2, -0.15) is 13.2 Å². The molecule has 0 saturated carbocycles. The predicted molar refractivity (Wildman–Crippen MR) is 119 cm³/mol. The number of para-hydroxylation sites is 1. The second-order valence-electron chi connectivity index (χ2n) is 7.49. The zero-order valence-corrected chi connectivity index (χ0v) is 18.0. The second kappa shape index (κ2) is 8.36. The van der Waals surface area contributed by atoms with Crippen LogP contribution in [0.15, 0.2) is 66.0 Å². The number of nitrogens with zero attached hydrogens (tertiary/aromatic N) is 5. The van der Waals surface area contributed by atoms with Gasteiger partial charge in [0.25, 0.3) is 5.56 Å². The highest BCUT2D eigenvalue weighted by Crippen LogP contribution is 2.29. The summed E-state index contributed by atoms with van der Waals surface area (Å²) in [7, 11) is 1.82. The highest BCUT2D eigenvalue weighted by Gasteiger charge is 2.29. The lowest BCUT2D eigenvalue weighted by atomic mass is 10.1. The van der Waals surface area contributed by atoms with Crippen molar-refractivity contribution in [1.29, 1.82) is 0 Å². The summed E-state index contributed by atoms with van der Waals surface area (Å²) < 4.78 is 43.6. The van der Waals surface area contributed by atoms with Crippen LogP contribution < -0.4 is 5.56 Å². The standard InChI is InChI=1S/C22H20F3N5OS/c1-3-12-28-19(31)17-6-4-5-7-18(17)30-20(28)26-29(21(30)32)14-27(2)13-15-8-10-16(11-9-15)22(23,24)25/h3-11H,1,12-14H2,2H3. The van der Waals surface area contributed by atoms with Crippen LogP contribution in [0.3, 0.4) is 0 Å². The fourth-order valence-corrected chi connectivity index (χ4v) is 3.92. The number of halogens is 3. The van der Waals surface area contributed by atoms with Crippen molar-refractivity contribution in [3.63, 3.8) is 0 Å². The van der Waals surface area contributed by atoms with Crippen molar-refractivity contribution < 1.29 is 13.2 Å². The van der Waals surface area contributed by atoms with Gasteiger partial charge >= 0.3 is 6.18 Å². The Morgan fingerprint density at radius 1 is 1.16 bits per heavy atom. The quantitative estimate of drug-likeness (QED) is 0.315. The Labute approximate surface area is 186 Å². The van der Waals surface area contributed by atoms with Crippen LogP contribution in [-0.4, -0.2) is 30.7 Å². The molecule has 0 amide bonds. The minimum Gasteiger partial charge on any atom is -0.283 e. The SMILES string of the molecule is C=CCn1c(=O)c2ccccc2n2c(=S)n(CN(C)Cc3ccc(C(F)(F)F)cc3)nc12. The lowest BCUT2D eigenvalue weighted by Gasteiger charge is -2.16. The molecule has 0 fully saturated rings. The highest BCUT2D eigenvalue weighted by atomic mass is 32.1. The molecule has 0 unspecified atom stereocenters. The van der Waals surface area contributed by atoms with Gasteiger partial charge in [0.2, 0.25) is 10.5 Å². The lowest BCUT2D eigenvalue weighted by molar-refractivity contribution is -0.137. The van der Waals surface area contributed by atoms with Gasteiger partial charge in [0, 0.05) is 13.1 Å². The van der Waals surface area contributed by atoms with Crippen LogP contribution in [0.4, 0.5) is 13.2 Å². The van der Waals surface area contributed by atoms with E-state index in [9.17, 15) is 18.0 Å². The molecule has 0 atom stereocenters. The van der Waals surface area contributed by atoms with E-state index in [0.29, 0.717) is 28.0 Å². The Bertz CT molecular complexity index is 1420. The van der Waals surface area contributed by atoms with Gasteiger partial charge in [-0.05, 0) is 49.1 Å². The van der Waals surface area contributed by atoms with E-state index in [1.807, 2.05) is 24.1 Å². The van der Waals surface area contributed by atoms with Crippen molar-refractivity contribution in [2.75, 3.05) is 7.05 Å². The number of aromatic nitrogens is 4. The third kappa shape index (κ3) is 3.98.